The van der Waals surface area contributed by atoms with Crippen molar-refractivity contribution in [2.75, 3.05) is 12.5 Å². The third-order valence-electron chi connectivity index (χ3n) is 2.32. The van der Waals surface area contributed by atoms with Crippen molar-refractivity contribution in [1.82, 2.24) is 4.68 Å². The lowest BCUT2D eigenvalue weighted by molar-refractivity contribution is -0.385. The molecule has 1 N–H and O–H groups in total. The van der Waals surface area contributed by atoms with E-state index in [0.717, 1.165) is 6.07 Å². The van der Waals surface area contributed by atoms with Crippen molar-refractivity contribution in [2.24, 2.45) is 0 Å². The Bertz CT molecular complexity index is 569. The third-order valence-corrected chi connectivity index (χ3v) is 2.32. The number of hydrogen-bond acceptors (Lipinski definition) is 4. The lowest BCUT2D eigenvalue weighted by Crippen LogP contribution is -2.08. The predicted molar refractivity (Wildman–Crippen MR) is 63.1 cm³/mol. The molecule has 0 aliphatic rings. The average molecular weight is 251 g/mol. The molecule has 0 saturated carbocycles. The average Bonchev–Trinajstić information content (AvgIpc) is 2.83. The fraction of sp³-hybridized carbons (Fsp3) is 0.0909. The molecule has 0 radical (unpaired) electrons. The largest absolute Gasteiger partial charge is 0.490 e. The van der Waals surface area contributed by atoms with E-state index in [9.17, 15) is 14.5 Å². The van der Waals surface area contributed by atoms with E-state index in [1.165, 1.54) is 17.9 Å². The van der Waals surface area contributed by atoms with Crippen LogP contribution in [0.3, 0.4) is 0 Å². The van der Waals surface area contributed by atoms with Crippen LogP contribution in [0.15, 0.2) is 36.7 Å². The molecule has 0 aliphatic carbocycles. The number of hydrogen-bond donors (Lipinski definition) is 1. The number of aromatic nitrogens is 1. The van der Waals surface area contributed by atoms with Gasteiger partial charge in [-0.15, -0.1) is 0 Å². The SMILES string of the molecule is COc1cc(Nn2cccc2)c(F)cc1[N+](=O)[O-]. The van der Waals surface area contributed by atoms with E-state index in [0.29, 0.717) is 0 Å². The molecule has 1 aromatic carbocycles. The summed E-state index contributed by atoms with van der Waals surface area (Å²) in [6.45, 7) is 0. The lowest BCUT2D eigenvalue weighted by Gasteiger charge is -2.10. The highest BCUT2D eigenvalue weighted by atomic mass is 19.1. The van der Waals surface area contributed by atoms with Gasteiger partial charge in [0.2, 0.25) is 0 Å². The summed E-state index contributed by atoms with van der Waals surface area (Å²) >= 11 is 0. The highest BCUT2D eigenvalue weighted by Crippen LogP contribution is 2.32. The standard InChI is InChI=1S/C11H10FN3O3/c1-18-11-7-9(13-14-4-2-3-5-14)8(12)6-10(11)15(16)17/h2-7,13H,1H3. The molecule has 94 valence electrons. The summed E-state index contributed by atoms with van der Waals surface area (Å²) in [4.78, 5) is 10.0. The summed E-state index contributed by atoms with van der Waals surface area (Å²) in [6, 6.07) is 5.58. The van der Waals surface area contributed by atoms with Crippen molar-refractivity contribution >= 4 is 11.4 Å². The fourth-order valence-corrected chi connectivity index (χ4v) is 1.48. The molecular formula is C11H10FN3O3. The van der Waals surface area contributed by atoms with E-state index in [4.69, 9.17) is 4.74 Å². The van der Waals surface area contributed by atoms with Crippen LogP contribution < -0.4 is 10.2 Å². The van der Waals surface area contributed by atoms with Crippen LogP contribution in [0.25, 0.3) is 0 Å². The van der Waals surface area contributed by atoms with Crippen LogP contribution in [0, 0.1) is 15.9 Å². The zero-order chi connectivity index (χ0) is 13.1. The minimum Gasteiger partial charge on any atom is -0.490 e. The first-order chi connectivity index (χ1) is 8.61. The second-order valence-electron chi connectivity index (χ2n) is 3.46. The highest BCUT2D eigenvalue weighted by molar-refractivity contribution is 5.58. The van der Waals surface area contributed by atoms with Crippen molar-refractivity contribution < 1.29 is 14.1 Å². The number of halogens is 1. The molecule has 2 rings (SSSR count). The predicted octanol–water partition coefficient (Wildman–Crippen LogP) is 2.42. The first-order valence-corrected chi connectivity index (χ1v) is 5.03. The van der Waals surface area contributed by atoms with E-state index in [1.807, 2.05) is 0 Å². The third kappa shape index (κ3) is 2.24. The van der Waals surface area contributed by atoms with Crippen molar-refractivity contribution in [2.45, 2.75) is 0 Å². The smallest absolute Gasteiger partial charge is 0.313 e. The van der Waals surface area contributed by atoms with E-state index < -0.39 is 16.4 Å². The minimum atomic E-state index is -0.726. The van der Waals surface area contributed by atoms with Crippen LogP contribution in [0.5, 0.6) is 5.75 Å². The molecule has 0 fully saturated rings. The Balaban J connectivity index is 2.40. The Morgan fingerprint density at radius 3 is 2.61 bits per heavy atom. The first kappa shape index (κ1) is 11.9. The molecule has 6 nitrogen and oxygen atoms in total. The number of nitro groups is 1. The number of ether oxygens (including phenoxy) is 1. The number of benzene rings is 1. The normalized spacial score (nSPS) is 10.1. The van der Waals surface area contributed by atoms with Gasteiger partial charge in [-0.05, 0) is 12.1 Å². The van der Waals surface area contributed by atoms with Gasteiger partial charge in [0, 0.05) is 18.5 Å². The van der Waals surface area contributed by atoms with Gasteiger partial charge >= 0.3 is 5.69 Å². The molecule has 2 aromatic rings. The Labute approximate surface area is 102 Å². The quantitative estimate of drug-likeness (QED) is 0.669. The van der Waals surface area contributed by atoms with Gasteiger partial charge in [0.05, 0.1) is 23.8 Å². The molecule has 7 heteroatoms. The van der Waals surface area contributed by atoms with Crippen LogP contribution in [-0.4, -0.2) is 16.7 Å². The van der Waals surface area contributed by atoms with Crippen molar-refractivity contribution in [3.63, 3.8) is 0 Å². The summed E-state index contributed by atoms with van der Waals surface area (Å²) in [7, 11) is 1.29. The van der Waals surface area contributed by atoms with E-state index in [1.54, 1.807) is 24.5 Å². The molecule has 0 atom stereocenters. The maximum absolute atomic E-state index is 13.7. The molecule has 0 amide bonds. The van der Waals surface area contributed by atoms with Gasteiger partial charge < -0.3 is 4.74 Å². The van der Waals surface area contributed by atoms with Crippen molar-refractivity contribution in [3.05, 3.63) is 52.6 Å². The Morgan fingerprint density at radius 1 is 1.39 bits per heavy atom. The second kappa shape index (κ2) is 4.74. The zero-order valence-corrected chi connectivity index (χ0v) is 9.46. The summed E-state index contributed by atoms with van der Waals surface area (Å²) in [6.07, 6.45) is 3.35. The van der Waals surface area contributed by atoms with E-state index in [2.05, 4.69) is 5.43 Å². The fourth-order valence-electron chi connectivity index (χ4n) is 1.48. The molecule has 18 heavy (non-hydrogen) atoms. The lowest BCUT2D eigenvalue weighted by atomic mass is 10.2. The van der Waals surface area contributed by atoms with Crippen LogP contribution in [0.2, 0.25) is 0 Å². The molecule has 1 aromatic heterocycles. The summed E-state index contributed by atoms with van der Waals surface area (Å²) in [5, 5.41) is 10.7. The second-order valence-corrected chi connectivity index (χ2v) is 3.46. The zero-order valence-electron chi connectivity index (χ0n) is 9.46. The molecular weight excluding hydrogens is 241 g/mol. The minimum absolute atomic E-state index is 0.00365. The summed E-state index contributed by atoms with van der Waals surface area (Å²) in [5.41, 5.74) is 2.41. The summed E-state index contributed by atoms with van der Waals surface area (Å²) in [5.74, 6) is -0.729. The number of nitro benzene ring substituents is 1. The van der Waals surface area contributed by atoms with Gasteiger partial charge in [0.15, 0.2) is 11.6 Å². The molecule has 0 saturated heterocycles. The van der Waals surface area contributed by atoms with E-state index in [-0.39, 0.29) is 11.4 Å². The maximum Gasteiger partial charge on any atom is 0.313 e. The van der Waals surface area contributed by atoms with Gasteiger partial charge in [-0.2, -0.15) is 0 Å². The molecule has 1 heterocycles. The van der Waals surface area contributed by atoms with E-state index >= 15 is 0 Å². The number of nitrogens with zero attached hydrogens (tertiary/aromatic N) is 2. The number of methoxy groups -OCH3 is 1. The van der Waals surface area contributed by atoms with Crippen molar-refractivity contribution in [3.8, 4) is 5.75 Å². The van der Waals surface area contributed by atoms with Gasteiger partial charge in [-0.25, -0.2) is 4.39 Å². The number of nitrogens with one attached hydrogen (secondary N) is 1. The topological polar surface area (TPSA) is 69.3 Å². The van der Waals surface area contributed by atoms with Crippen LogP contribution in [0.4, 0.5) is 15.8 Å². The van der Waals surface area contributed by atoms with Crippen LogP contribution in [-0.2, 0) is 0 Å². The molecule has 0 bridgehead atoms. The maximum atomic E-state index is 13.7. The summed E-state index contributed by atoms with van der Waals surface area (Å²) < 4.78 is 20.1. The Kier molecular flexibility index (Phi) is 3.13. The number of rotatable bonds is 4. The van der Waals surface area contributed by atoms with Crippen LogP contribution in [0.1, 0.15) is 0 Å². The van der Waals surface area contributed by atoms with Gasteiger partial charge in [0.25, 0.3) is 0 Å². The van der Waals surface area contributed by atoms with Gasteiger partial charge in [0.1, 0.15) is 0 Å². The molecule has 0 spiro atoms. The highest BCUT2D eigenvalue weighted by Gasteiger charge is 2.19. The monoisotopic (exact) mass is 251 g/mol. The van der Waals surface area contributed by atoms with Crippen molar-refractivity contribution in [1.29, 1.82) is 0 Å². The first-order valence-electron chi connectivity index (χ1n) is 5.03. The number of anilines is 1. The Hall–Kier alpha value is -2.57. The van der Waals surface area contributed by atoms with Gasteiger partial charge in [-0.1, -0.05) is 0 Å². The molecule has 0 aliphatic heterocycles. The Morgan fingerprint density at radius 2 is 2.06 bits per heavy atom. The molecule has 0 unspecified atom stereocenters. The van der Waals surface area contributed by atoms with Gasteiger partial charge in [-0.3, -0.25) is 20.2 Å². The van der Waals surface area contributed by atoms with Crippen LogP contribution >= 0.6 is 0 Å².